The monoisotopic (exact) mass is 515 g/mol. The quantitative estimate of drug-likeness (QED) is 0.324. The molecule has 2 aromatic rings. The van der Waals surface area contributed by atoms with Gasteiger partial charge in [0.1, 0.15) is 0 Å². The summed E-state index contributed by atoms with van der Waals surface area (Å²) in [5, 5.41) is 6.49. The SMILES string of the molecule is CCNC(=NCC1CCOC1c1ccccc1)NC(C)c1ccc(F)c(F)c1.I. The largest absolute Gasteiger partial charge is 0.373 e. The summed E-state index contributed by atoms with van der Waals surface area (Å²) in [6.07, 6.45) is 1.01. The lowest BCUT2D eigenvalue weighted by molar-refractivity contribution is 0.0925. The average molecular weight is 515 g/mol. The van der Waals surface area contributed by atoms with E-state index in [1.807, 2.05) is 32.0 Å². The number of aliphatic imine (C=N–C) groups is 1. The van der Waals surface area contributed by atoms with Crippen LogP contribution in [-0.2, 0) is 4.74 Å². The molecular weight excluding hydrogens is 487 g/mol. The Hall–Kier alpha value is -1.74. The molecule has 3 atom stereocenters. The molecule has 0 radical (unpaired) electrons. The van der Waals surface area contributed by atoms with E-state index in [0.29, 0.717) is 30.5 Å². The Morgan fingerprint density at radius 3 is 2.62 bits per heavy atom. The molecule has 1 saturated heterocycles. The normalized spacial score (nSPS) is 20.1. The van der Waals surface area contributed by atoms with Gasteiger partial charge in [0.2, 0.25) is 0 Å². The Morgan fingerprint density at radius 2 is 1.93 bits per heavy atom. The van der Waals surface area contributed by atoms with Crippen LogP contribution in [0, 0.1) is 17.6 Å². The lowest BCUT2D eigenvalue weighted by Gasteiger charge is -2.20. The molecule has 158 valence electrons. The Kier molecular flexibility index (Phi) is 9.29. The van der Waals surface area contributed by atoms with Gasteiger partial charge >= 0.3 is 0 Å². The third-order valence-corrected chi connectivity index (χ3v) is 4.97. The van der Waals surface area contributed by atoms with Gasteiger partial charge in [0.05, 0.1) is 12.1 Å². The van der Waals surface area contributed by atoms with Gasteiger partial charge in [-0.05, 0) is 43.5 Å². The fraction of sp³-hybridized carbons (Fsp3) is 0.409. The van der Waals surface area contributed by atoms with Crippen LogP contribution in [-0.4, -0.2) is 25.7 Å². The molecule has 1 aliphatic heterocycles. The number of ether oxygens (including phenoxy) is 1. The molecule has 4 nitrogen and oxygen atoms in total. The summed E-state index contributed by atoms with van der Waals surface area (Å²) >= 11 is 0. The molecule has 3 unspecified atom stereocenters. The van der Waals surface area contributed by atoms with Crippen LogP contribution in [0.2, 0.25) is 0 Å². The van der Waals surface area contributed by atoms with Crippen molar-refractivity contribution in [1.82, 2.24) is 10.6 Å². The number of guanidine groups is 1. The second-order valence-electron chi connectivity index (χ2n) is 7.01. The molecule has 0 spiro atoms. The van der Waals surface area contributed by atoms with Crippen molar-refractivity contribution in [3.05, 3.63) is 71.3 Å². The molecule has 0 aromatic heterocycles. The lowest BCUT2D eigenvalue weighted by Crippen LogP contribution is -2.39. The summed E-state index contributed by atoms with van der Waals surface area (Å²) < 4.78 is 32.6. The topological polar surface area (TPSA) is 45.7 Å². The molecule has 1 heterocycles. The summed E-state index contributed by atoms with van der Waals surface area (Å²) in [4.78, 5) is 4.72. The number of rotatable bonds is 6. The van der Waals surface area contributed by atoms with Gasteiger partial charge in [0.15, 0.2) is 17.6 Å². The van der Waals surface area contributed by atoms with Crippen LogP contribution in [0.3, 0.4) is 0 Å². The van der Waals surface area contributed by atoms with Gasteiger partial charge in [-0.2, -0.15) is 0 Å². The maximum atomic E-state index is 13.5. The van der Waals surface area contributed by atoms with Gasteiger partial charge in [-0.15, -0.1) is 24.0 Å². The minimum atomic E-state index is -0.845. The zero-order valence-electron chi connectivity index (χ0n) is 16.7. The highest BCUT2D eigenvalue weighted by atomic mass is 127. The number of benzene rings is 2. The molecule has 2 N–H and O–H groups in total. The highest BCUT2D eigenvalue weighted by Crippen LogP contribution is 2.34. The fourth-order valence-corrected chi connectivity index (χ4v) is 3.43. The highest BCUT2D eigenvalue weighted by Gasteiger charge is 2.29. The molecule has 2 aromatic carbocycles. The number of nitrogens with one attached hydrogen (secondary N) is 2. The van der Waals surface area contributed by atoms with Crippen molar-refractivity contribution in [2.45, 2.75) is 32.4 Å². The molecular formula is C22H28F2IN3O. The van der Waals surface area contributed by atoms with Crippen LogP contribution in [0.5, 0.6) is 0 Å². The van der Waals surface area contributed by atoms with Gasteiger partial charge in [-0.3, -0.25) is 4.99 Å². The van der Waals surface area contributed by atoms with E-state index in [0.717, 1.165) is 19.1 Å². The van der Waals surface area contributed by atoms with Crippen molar-refractivity contribution in [1.29, 1.82) is 0 Å². The van der Waals surface area contributed by atoms with Crippen molar-refractivity contribution in [2.75, 3.05) is 19.7 Å². The van der Waals surface area contributed by atoms with Crippen LogP contribution >= 0.6 is 24.0 Å². The first-order chi connectivity index (χ1) is 13.6. The predicted octanol–water partition coefficient (Wildman–Crippen LogP) is 4.98. The average Bonchev–Trinajstić information content (AvgIpc) is 3.17. The van der Waals surface area contributed by atoms with E-state index in [9.17, 15) is 8.78 Å². The Morgan fingerprint density at radius 1 is 1.17 bits per heavy atom. The van der Waals surface area contributed by atoms with Crippen molar-refractivity contribution < 1.29 is 13.5 Å². The third-order valence-electron chi connectivity index (χ3n) is 4.97. The highest BCUT2D eigenvalue weighted by molar-refractivity contribution is 14.0. The first-order valence-corrected chi connectivity index (χ1v) is 9.74. The smallest absolute Gasteiger partial charge is 0.191 e. The summed E-state index contributed by atoms with van der Waals surface area (Å²) in [6, 6.07) is 13.9. The zero-order chi connectivity index (χ0) is 19.9. The van der Waals surface area contributed by atoms with Crippen molar-refractivity contribution >= 4 is 29.9 Å². The fourth-order valence-electron chi connectivity index (χ4n) is 3.43. The predicted molar refractivity (Wildman–Crippen MR) is 123 cm³/mol. The molecule has 29 heavy (non-hydrogen) atoms. The van der Waals surface area contributed by atoms with E-state index in [4.69, 9.17) is 9.73 Å². The van der Waals surface area contributed by atoms with Crippen molar-refractivity contribution in [2.24, 2.45) is 10.9 Å². The zero-order valence-corrected chi connectivity index (χ0v) is 19.0. The van der Waals surface area contributed by atoms with E-state index < -0.39 is 11.6 Å². The van der Waals surface area contributed by atoms with Gasteiger partial charge < -0.3 is 15.4 Å². The van der Waals surface area contributed by atoms with Crippen molar-refractivity contribution in [3.8, 4) is 0 Å². The van der Waals surface area contributed by atoms with Gasteiger partial charge in [0.25, 0.3) is 0 Å². The van der Waals surface area contributed by atoms with Gasteiger partial charge in [-0.1, -0.05) is 36.4 Å². The molecule has 1 aliphatic rings. The van der Waals surface area contributed by atoms with E-state index >= 15 is 0 Å². The number of hydrogen-bond acceptors (Lipinski definition) is 2. The van der Waals surface area contributed by atoms with Gasteiger partial charge in [0, 0.05) is 25.6 Å². The maximum absolute atomic E-state index is 13.5. The van der Waals surface area contributed by atoms with Crippen LogP contribution in [0.15, 0.2) is 53.5 Å². The summed E-state index contributed by atoms with van der Waals surface area (Å²) in [6.45, 7) is 5.95. The molecule has 3 rings (SSSR count). The maximum Gasteiger partial charge on any atom is 0.191 e. The van der Waals surface area contributed by atoms with E-state index in [2.05, 4.69) is 22.8 Å². The molecule has 0 amide bonds. The van der Waals surface area contributed by atoms with E-state index in [1.165, 1.54) is 11.6 Å². The van der Waals surface area contributed by atoms with Crippen LogP contribution in [0.1, 0.15) is 43.5 Å². The number of halogens is 3. The van der Waals surface area contributed by atoms with Gasteiger partial charge in [-0.25, -0.2) is 8.78 Å². The first-order valence-electron chi connectivity index (χ1n) is 9.74. The van der Waals surface area contributed by atoms with Crippen LogP contribution in [0.25, 0.3) is 0 Å². The minimum Gasteiger partial charge on any atom is -0.373 e. The van der Waals surface area contributed by atoms with E-state index in [1.54, 1.807) is 6.07 Å². The van der Waals surface area contributed by atoms with Crippen molar-refractivity contribution in [3.63, 3.8) is 0 Å². The molecule has 0 bridgehead atoms. The Bertz CT molecular complexity index is 804. The summed E-state index contributed by atoms with van der Waals surface area (Å²) in [5.41, 5.74) is 1.84. The Labute approximate surface area is 188 Å². The second kappa shape index (κ2) is 11.4. The number of hydrogen-bond donors (Lipinski definition) is 2. The van der Waals surface area contributed by atoms with E-state index in [-0.39, 0.29) is 36.1 Å². The standard InChI is InChI=1S/C22H27F2N3O.HI/c1-3-25-22(27-15(2)17-9-10-19(23)20(24)13-17)26-14-18-11-12-28-21(18)16-7-5-4-6-8-16;/h4-10,13,15,18,21H,3,11-12,14H2,1-2H3,(H2,25,26,27);1H. The molecule has 0 aliphatic carbocycles. The summed E-state index contributed by atoms with van der Waals surface area (Å²) in [5.74, 6) is -0.735. The summed E-state index contributed by atoms with van der Waals surface area (Å²) in [7, 11) is 0. The third kappa shape index (κ3) is 6.37. The van der Waals surface area contributed by atoms with Crippen LogP contribution < -0.4 is 10.6 Å². The molecule has 1 fully saturated rings. The molecule has 7 heteroatoms. The molecule has 0 saturated carbocycles. The Balaban J connectivity index is 0.00000300. The van der Waals surface area contributed by atoms with Crippen LogP contribution in [0.4, 0.5) is 8.78 Å². The lowest BCUT2D eigenvalue weighted by atomic mass is 9.95. The second-order valence-corrected chi connectivity index (χ2v) is 7.01. The minimum absolute atomic E-state index is 0. The number of nitrogens with zero attached hydrogens (tertiary/aromatic N) is 1. The first kappa shape index (κ1) is 23.5.